The highest BCUT2D eigenvalue weighted by Gasteiger charge is 2.39. The fourth-order valence-corrected chi connectivity index (χ4v) is 5.17. The second-order valence-corrected chi connectivity index (χ2v) is 8.20. The average Bonchev–Trinajstić information content (AvgIpc) is 3.00. The number of nitrogens with zero attached hydrogens (tertiary/aromatic N) is 1. The molecule has 1 saturated carbocycles. The third kappa shape index (κ3) is 2.67. The second kappa shape index (κ2) is 4.79. The van der Waals surface area contributed by atoms with Crippen LogP contribution in [0.5, 0.6) is 0 Å². The van der Waals surface area contributed by atoms with Gasteiger partial charge in [0.05, 0.1) is 0 Å². The van der Waals surface area contributed by atoms with Gasteiger partial charge in [-0.15, -0.1) is 0 Å². The van der Waals surface area contributed by atoms with Crippen molar-refractivity contribution < 1.29 is 8.42 Å². The minimum Gasteiger partial charge on any atom is -0.315 e. The van der Waals surface area contributed by atoms with E-state index in [0.29, 0.717) is 12.2 Å². The van der Waals surface area contributed by atoms with E-state index >= 15 is 0 Å². The number of aryl methyl sites for hydroxylation is 1. The fourth-order valence-electron chi connectivity index (χ4n) is 1.91. The molecule has 1 fully saturated rings. The van der Waals surface area contributed by atoms with Crippen LogP contribution in [-0.2, 0) is 10.0 Å². The van der Waals surface area contributed by atoms with Crippen molar-refractivity contribution >= 4 is 21.4 Å². The summed E-state index contributed by atoms with van der Waals surface area (Å²) in [6.45, 7) is 6.14. The topological polar surface area (TPSA) is 70.2 Å². The first kappa shape index (κ1) is 13.8. The zero-order valence-electron chi connectivity index (χ0n) is 10.8. The molecule has 18 heavy (non-hydrogen) atoms. The van der Waals surface area contributed by atoms with Crippen LogP contribution < -0.4 is 4.87 Å². The number of nitrogens with one attached hydrogen (secondary N) is 1. The maximum atomic E-state index is 12.6. The Labute approximate surface area is 111 Å². The van der Waals surface area contributed by atoms with Gasteiger partial charge in [-0.1, -0.05) is 25.2 Å². The predicted octanol–water partition coefficient (Wildman–Crippen LogP) is 1.55. The number of aromatic amines is 1. The number of rotatable bonds is 5. The molecule has 0 amide bonds. The van der Waals surface area contributed by atoms with Gasteiger partial charge in [0.2, 0.25) is 0 Å². The van der Waals surface area contributed by atoms with Crippen LogP contribution in [0.15, 0.2) is 9.00 Å². The standard InChI is InChI=1S/C11H18N2O3S2/c1-7(2)6-13(9-4-5-9)18(15,16)10-8(3)12-11(14)17-10/h7,9H,4-6H2,1-3H3,(H,12,14). The number of sulfonamides is 1. The molecule has 1 N–H and O–H groups in total. The molecular weight excluding hydrogens is 272 g/mol. The van der Waals surface area contributed by atoms with Gasteiger partial charge in [-0.3, -0.25) is 4.79 Å². The lowest BCUT2D eigenvalue weighted by molar-refractivity contribution is 0.360. The lowest BCUT2D eigenvalue weighted by Gasteiger charge is -2.23. The molecule has 0 aliphatic heterocycles. The van der Waals surface area contributed by atoms with Crippen molar-refractivity contribution in [2.24, 2.45) is 5.92 Å². The van der Waals surface area contributed by atoms with Crippen molar-refractivity contribution in [3.05, 3.63) is 15.4 Å². The first-order valence-corrected chi connectivity index (χ1v) is 8.29. The minimum atomic E-state index is -3.52. The van der Waals surface area contributed by atoms with Crippen LogP contribution in [0.3, 0.4) is 0 Å². The van der Waals surface area contributed by atoms with Crippen molar-refractivity contribution in [1.29, 1.82) is 0 Å². The summed E-state index contributed by atoms with van der Waals surface area (Å²) in [5.41, 5.74) is 0.444. The molecule has 1 aliphatic rings. The Morgan fingerprint density at radius 1 is 1.44 bits per heavy atom. The normalized spacial score (nSPS) is 16.7. The Kier molecular flexibility index (Phi) is 3.66. The number of H-pyrrole nitrogens is 1. The average molecular weight is 290 g/mol. The van der Waals surface area contributed by atoms with E-state index in [0.717, 1.165) is 24.2 Å². The number of hydrogen-bond donors (Lipinski definition) is 1. The van der Waals surface area contributed by atoms with E-state index in [4.69, 9.17) is 0 Å². The second-order valence-electron chi connectivity index (χ2n) is 5.13. The van der Waals surface area contributed by atoms with Crippen molar-refractivity contribution in [2.75, 3.05) is 6.54 Å². The lowest BCUT2D eigenvalue weighted by atomic mass is 10.2. The highest BCUT2D eigenvalue weighted by Crippen LogP contribution is 2.34. The molecule has 7 heteroatoms. The van der Waals surface area contributed by atoms with E-state index in [1.165, 1.54) is 0 Å². The highest BCUT2D eigenvalue weighted by molar-refractivity contribution is 7.91. The first-order chi connectivity index (χ1) is 8.32. The number of hydrogen-bond acceptors (Lipinski definition) is 4. The quantitative estimate of drug-likeness (QED) is 0.894. The van der Waals surface area contributed by atoms with E-state index in [1.807, 2.05) is 13.8 Å². The highest BCUT2D eigenvalue weighted by atomic mass is 32.2. The Bertz CT molecular complexity index is 582. The fraction of sp³-hybridized carbons (Fsp3) is 0.727. The summed E-state index contributed by atoms with van der Waals surface area (Å²) in [5, 5.41) is 0. The third-order valence-electron chi connectivity index (χ3n) is 2.82. The largest absolute Gasteiger partial charge is 0.315 e. The van der Waals surface area contributed by atoms with Crippen LogP contribution in [0.25, 0.3) is 0 Å². The Balaban J connectivity index is 2.39. The summed E-state index contributed by atoms with van der Waals surface area (Å²) in [6.07, 6.45) is 1.84. The SMILES string of the molecule is Cc1[nH]c(=O)sc1S(=O)(=O)N(CC(C)C)C1CC1. The van der Waals surface area contributed by atoms with Crippen molar-refractivity contribution in [2.45, 2.75) is 43.9 Å². The maximum absolute atomic E-state index is 12.6. The van der Waals surface area contributed by atoms with Gasteiger partial charge in [-0.25, -0.2) is 8.42 Å². The summed E-state index contributed by atoms with van der Waals surface area (Å²) in [7, 11) is -3.52. The Hall–Kier alpha value is -0.660. The van der Waals surface area contributed by atoms with Crippen LogP contribution in [0.1, 0.15) is 32.4 Å². The van der Waals surface area contributed by atoms with Gasteiger partial charge in [0.15, 0.2) is 4.21 Å². The minimum absolute atomic E-state index is 0.119. The van der Waals surface area contributed by atoms with Gasteiger partial charge >= 0.3 is 4.87 Å². The molecular formula is C11H18N2O3S2. The molecule has 0 atom stereocenters. The van der Waals surface area contributed by atoms with Gasteiger partial charge in [-0.2, -0.15) is 4.31 Å². The smallest absolute Gasteiger partial charge is 0.305 e. The summed E-state index contributed by atoms with van der Waals surface area (Å²) >= 11 is 0.781. The lowest BCUT2D eigenvalue weighted by Crippen LogP contribution is -2.36. The van der Waals surface area contributed by atoms with Crippen molar-refractivity contribution in [1.82, 2.24) is 9.29 Å². The molecule has 0 spiro atoms. The molecule has 1 aliphatic carbocycles. The summed E-state index contributed by atoms with van der Waals surface area (Å²) < 4.78 is 26.8. The summed E-state index contributed by atoms with van der Waals surface area (Å²) in [4.78, 5) is 13.5. The maximum Gasteiger partial charge on any atom is 0.305 e. The van der Waals surface area contributed by atoms with Crippen LogP contribution in [0.4, 0.5) is 0 Å². The van der Waals surface area contributed by atoms with E-state index in [-0.39, 0.29) is 21.0 Å². The molecule has 2 rings (SSSR count). The van der Waals surface area contributed by atoms with Gasteiger partial charge in [0.1, 0.15) is 0 Å². The van der Waals surface area contributed by atoms with Gasteiger partial charge in [-0.05, 0) is 25.7 Å². The molecule has 0 radical (unpaired) electrons. The third-order valence-corrected chi connectivity index (χ3v) is 6.32. The Morgan fingerprint density at radius 2 is 2.06 bits per heavy atom. The summed E-state index contributed by atoms with van der Waals surface area (Å²) in [6, 6.07) is 0.119. The summed E-state index contributed by atoms with van der Waals surface area (Å²) in [5.74, 6) is 0.274. The predicted molar refractivity (Wildman–Crippen MR) is 71.4 cm³/mol. The van der Waals surface area contributed by atoms with Crippen molar-refractivity contribution in [3.8, 4) is 0 Å². The molecule has 1 aromatic rings. The molecule has 0 saturated heterocycles. The molecule has 0 unspecified atom stereocenters. The number of thiazole rings is 1. The molecule has 1 heterocycles. The molecule has 0 bridgehead atoms. The first-order valence-electron chi connectivity index (χ1n) is 6.04. The van der Waals surface area contributed by atoms with Gasteiger partial charge in [0.25, 0.3) is 10.0 Å². The van der Waals surface area contributed by atoms with Crippen LogP contribution in [0.2, 0.25) is 0 Å². The van der Waals surface area contributed by atoms with Gasteiger partial charge in [0, 0.05) is 18.3 Å². The van der Waals surface area contributed by atoms with Gasteiger partial charge < -0.3 is 4.98 Å². The molecule has 5 nitrogen and oxygen atoms in total. The van der Waals surface area contributed by atoms with Crippen LogP contribution in [-0.4, -0.2) is 30.3 Å². The Morgan fingerprint density at radius 3 is 2.44 bits per heavy atom. The van der Waals surface area contributed by atoms with E-state index in [2.05, 4.69) is 4.98 Å². The zero-order valence-corrected chi connectivity index (χ0v) is 12.4. The molecule has 102 valence electrons. The van der Waals surface area contributed by atoms with E-state index in [1.54, 1.807) is 11.2 Å². The van der Waals surface area contributed by atoms with E-state index < -0.39 is 10.0 Å². The number of aromatic nitrogens is 1. The van der Waals surface area contributed by atoms with E-state index in [9.17, 15) is 13.2 Å². The molecule has 0 aromatic carbocycles. The monoisotopic (exact) mass is 290 g/mol. The van der Waals surface area contributed by atoms with Crippen LogP contribution in [0, 0.1) is 12.8 Å². The zero-order chi connectivity index (χ0) is 13.5. The molecule has 1 aromatic heterocycles. The van der Waals surface area contributed by atoms with Crippen LogP contribution >= 0.6 is 11.3 Å². The van der Waals surface area contributed by atoms with Crippen molar-refractivity contribution in [3.63, 3.8) is 0 Å².